The first-order valence-corrected chi connectivity index (χ1v) is 7.54. The largest absolute Gasteiger partial charge is 0.479 e. The third-order valence-corrected chi connectivity index (χ3v) is 3.42. The summed E-state index contributed by atoms with van der Waals surface area (Å²) in [6.45, 7) is 6.93. The van der Waals surface area contributed by atoms with Crippen LogP contribution in [0.15, 0.2) is 0 Å². The van der Waals surface area contributed by atoms with Gasteiger partial charge in [0.1, 0.15) is 0 Å². The molecule has 0 saturated carbocycles. The molecule has 2 unspecified atom stereocenters. The number of aliphatic carboxylic acids is 2. The number of aliphatic hydroxyl groups excluding tert-OH is 2. The molecular formula is C14H28N2O6. The van der Waals surface area contributed by atoms with Gasteiger partial charge in [-0.2, -0.15) is 0 Å². The van der Waals surface area contributed by atoms with Crippen LogP contribution in [0.3, 0.4) is 0 Å². The van der Waals surface area contributed by atoms with Crippen molar-refractivity contribution in [2.75, 3.05) is 13.1 Å². The molecule has 2 heterocycles. The molecule has 2 saturated heterocycles. The lowest BCUT2D eigenvalue weighted by Crippen LogP contribution is -2.39. The quantitative estimate of drug-likeness (QED) is 0.405. The number of hydrogen-bond acceptors (Lipinski definition) is 6. The van der Waals surface area contributed by atoms with E-state index in [4.69, 9.17) is 20.4 Å². The summed E-state index contributed by atoms with van der Waals surface area (Å²) in [5.74, 6) is -3.54. The summed E-state index contributed by atoms with van der Waals surface area (Å²) in [4.78, 5) is 19.5. The van der Waals surface area contributed by atoms with E-state index in [1.54, 1.807) is 0 Å². The highest BCUT2D eigenvalue weighted by Crippen LogP contribution is 2.02. The highest BCUT2D eigenvalue weighted by atomic mass is 16.4. The third-order valence-electron chi connectivity index (χ3n) is 3.42. The first-order chi connectivity index (χ1) is 10.3. The molecule has 4 atom stereocenters. The summed E-state index contributed by atoms with van der Waals surface area (Å²) in [5, 5.41) is 39.2. The molecule has 0 aromatic carbocycles. The molecule has 6 N–H and O–H groups in total. The van der Waals surface area contributed by atoms with Crippen LogP contribution < -0.4 is 10.6 Å². The molecule has 0 amide bonds. The van der Waals surface area contributed by atoms with Gasteiger partial charge in [-0.05, 0) is 52.6 Å². The van der Waals surface area contributed by atoms with E-state index in [0.29, 0.717) is 0 Å². The van der Waals surface area contributed by atoms with E-state index in [2.05, 4.69) is 24.5 Å². The van der Waals surface area contributed by atoms with Crippen molar-refractivity contribution in [3.8, 4) is 0 Å². The third kappa shape index (κ3) is 9.67. The van der Waals surface area contributed by atoms with Crippen LogP contribution in [0.5, 0.6) is 0 Å². The maximum absolute atomic E-state index is 9.77. The average Bonchev–Trinajstić information content (AvgIpc) is 3.11. The van der Waals surface area contributed by atoms with Crippen molar-refractivity contribution < 1.29 is 30.0 Å². The van der Waals surface area contributed by atoms with Gasteiger partial charge in [0.05, 0.1) is 0 Å². The number of carboxylic acids is 2. The van der Waals surface area contributed by atoms with Gasteiger partial charge < -0.3 is 31.1 Å². The Morgan fingerprint density at radius 3 is 1.27 bits per heavy atom. The molecule has 0 aromatic heterocycles. The second kappa shape index (κ2) is 11.4. The van der Waals surface area contributed by atoms with E-state index < -0.39 is 24.1 Å². The summed E-state index contributed by atoms with van der Waals surface area (Å²) >= 11 is 0. The highest BCUT2D eigenvalue weighted by Gasteiger charge is 2.29. The van der Waals surface area contributed by atoms with Crippen molar-refractivity contribution in [3.63, 3.8) is 0 Å². The summed E-state index contributed by atoms with van der Waals surface area (Å²) < 4.78 is 0. The van der Waals surface area contributed by atoms with Gasteiger partial charge in [-0.1, -0.05) is 0 Å². The number of hydrogen-bond donors (Lipinski definition) is 6. The summed E-state index contributed by atoms with van der Waals surface area (Å²) in [6.07, 6.45) is 0.970. The Labute approximate surface area is 130 Å². The fraction of sp³-hybridized carbons (Fsp3) is 0.857. The summed E-state index contributed by atoms with van der Waals surface area (Å²) in [5.41, 5.74) is 0. The molecule has 22 heavy (non-hydrogen) atoms. The Bertz CT molecular complexity index is 295. The van der Waals surface area contributed by atoms with Crippen molar-refractivity contribution in [1.29, 1.82) is 0 Å². The van der Waals surface area contributed by atoms with E-state index in [1.807, 2.05) is 0 Å². The van der Waals surface area contributed by atoms with Crippen molar-refractivity contribution in [2.45, 2.75) is 63.8 Å². The van der Waals surface area contributed by atoms with Crippen LogP contribution in [0, 0.1) is 0 Å². The number of rotatable bonds is 3. The van der Waals surface area contributed by atoms with Gasteiger partial charge in [0.25, 0.3) is 0 Å². The zero-order chi connectivity index (χ0) is 17.1. The smallest absolute Gasteiger partial charge is 0.335 e. The van der Waals surface area contributed by atoms with Crippen molar-refractivity contribution in [3.05, 3.63) is 0 Å². The molecule has 0 bridgehead atoms. The topological polar surface area (TPSA) is 139 Å². The molecule has 2 aliphatic heterocycles. The minimum atomic E-state index is -2.27. The van der Waals surface area contributed by atoms with Gasteiger partial charge in [-0.3, -0.25) is 0 Å². The van der Waals surface area contributed by atoms with Gasteiger partial charge in [0.15, 0.2) is 12.2 Å². The van der Waals surface area contributed by atoms with E-state index in [9.17, 15) is 9.59 Å². The van der Waals surface area contributed by atoms with Crippen LogP contribution in [0.2, 0.25) is 0 Å². The molecule has 130 valence electrons. The summed E-state index contributed by atoms with van der Waals surface area (Å²) in [7, 11) is 0. The predicted molar refractivity (Wildman–Crippen MR) is 80.7 cm³/mol. The fourth-order valence-corrected chi connectivity index (χ4v) is 1.99. The van der Waals surface area contributed by atoms with Crippen molar-refractivity contribution in [1.82, 2.24) is 10.6 Å². The Kier molecular flexibility index (Phi) is 10.7. The van der Waals surface area contributed by atoms with Crippen LogP contribution in [-0.2, 0) is 9.59 Å². The lowest BCUT2D eigenvalue weighted by molar-refractivity contribution is -0.165. The Morgan fingerprint density at radius 1 is 0.864 bits per heavy atom. The average molecular weight is 320 g/mol. The van der Waals surface area contributed by atoms with Gasteiger partial charge in [0, 0.05) is 12.1 Å². The van der Waals surface area contributed by atoms with Gasteiger partial charge in [0.2, 0.25) is 0 Å². The monoisotopic (exact) mass is 320 g/mol. The Balaban J connectivity index is 0.000000315. The second-order valence-corrected chi connectivity index (χ2v) is 5.56. The van der Waals surface area contributed by atoms with E-state index in [-0.39, 0.29) is 0 Å². The number of carboxylic acid groups (broad SMARTS) is 2. The molecule has 8 nitrogen and oxygen atoms in total. The summed E-state index contributed by atoms with van der Waals surface area (Å²) in [6, 6.07) is 1.59. The highest BCUT2D eigenvalue weighted by molar-refractivity contribution is 5.83. The molecule has 0 aromatic rings. The van der Waals surface area contributed by atoms with Gasteiger partial charge in [-0.25, -0.2) is 9.59 Å². The zero-order valence-corrected chi connectivity index (χ0v) is 13.2. The number of aliphatic hydroxyl groups is 2. The van der Waals surface area contributed by atoms with E-state index in [1.165, 1.54) is 38.8 Å². The fourth-order valence-electron chi connectivity index (χ4n) is 1.99. The zero-order valence-electron chi connectivity index (χ0n) is 13.2. The van der Waals surface area contributed by atoms with Crippen LogP contribution >= 0.6 is 0 Å². The predicted octanol–water partition coefficient (Wildman–Crippen LogP) is -0.606. The Morgan fingerprint density at radius 2 is 1.18 bits per heavy atom. The first-order valence-electron chi connectivity index (χ1n) is 7.54. The van der Waals surface area contributed by atoms with Gasteiger partial charge in [-0.15, -0.1) is 0 Å². The first kappa shape index (κ1) is 20.8. The lowest BCUT2D eigenvalue weighted by Gasteiger charge is -2.07. The molecule has 8 heteroatoms. The lowest BCUT2D eigenvalue weighted by atomic mass is 10.2. The molecule has 0 spiro atoms. The minimum absolute atomic E-state index is 0.796. The van der Waals surface area contributed by atoms with Gasteiger partial charge >= 0.3 is 11.9 Å². The molecular weight excluding hydrogens is 292 g/mol. The maximum atomic E-state index is 9.77. The van der Waals surface area contributed by atoms with E-state index in [0.717, 1.165) is 12.1 Å². The van der Waals surface area contributed by atoms with Crippen LogP contribution in [0.25, 0.3) is 0 Å². The minimum Gasteiger partial charge on any atom is -0.479 e. The molecule has 2 fully saturated rings. The second-order valence-electron chi connectivity index (χ2n) is 5.56. The Hall–Kier alpha value is -1.22. The molecule has 0 radical (unpaired) electrons. The maximum Gasteiger partial charge on any atom is 0.335 e. The normalized spacial score (nSPS) is 26.0. The van der Waals surface area contributed by atoms with Crippen LogP contribution in [-0.4, -0.2) is 69.7 Å². The molecule has 2 aliphatic rings. The standard InChI is InChI=1S/2C5H11N.C4H6O6/c2*1-5-3-2-4-6-5;5-1(3(7)8)2(6)4(9)10/h2*5-6H,2-4H2,1H3;1-2,5-6H,(H,7,8)(H,9,10)/t2*5-;/m10./s1. The SMILES string of the molecule is C[C@@H]1CCCN1.C[C@H]1CCCN1.O=C(O)C(O)C(O)C(=O)O. The number of nitrogens with one attached hydrogen (secondary N) is 2. The molecule has 2 rings (SSSR count). The molecule has 0 aliphatic carbocycles. The number of carbonyl (C=O) groups is 2. The van der Waals surface area contributed by atoms with E-state index >= 15 is 0 Å². The van der Waals surface area contributed by atoms with Crippen LogP contribution in [0.4, 0.5) is 0 Å². The van der Waals surface area contributed by atoms with Crippen molar-refractivity contribution >= 4 is 11.9 Å². The van der Waals surface area contributed by atoms with Crippen molar-refractivity contribution in [2.24, 2.45) is 0 Å². The van der Waals surface area contributed by atoms with Crippen LogP contribution in [0.1, 0.15) is 39.5 Å².